The van der Waals surface area contributed by atoms with Gasteiger partial charge >= 0.3 is 0 Å². The molecule has 11 heteroatoms. The van der Waals surface area contributed by atoms with Gasteiger partial charge < -0.3 is 29.7 Å². The van der Waals surface area contributed by atoms with Gasteiger partial charge in [-0.3, -0.25) is 19.3 Å². The zero-order chi connectivity index (χ0) is 35.6. The average molecular weight is 701 g/mol. The molecule has 5 rings (SSSR count). The molecular weight excluding hydrogens is 653 g/mol. The second-order valence-electron chi connectivity index (χ2n) is 12.5. The highest BCUT2D eigenvalue weighted by atomic mass is 32.2. The first kappa shape index (κ1) is 36.8. The first-order valence-electron chi connectivity index (χ1n) is 17.0. The fraction of sp³-hybridized carbons (Fsp3) is 0.410. The zero-order valence-corrected chi connectivity index (χ0v) is 30.4. The summed E-state index contributed by atoms with van der Waals surface area (Å²) in [6, 6.07) is 16.4. The first-order chi connectivity index (χ1) is 24.3. The Morgan fingerprint density at radius 1 is 0.980 bits per heavy atom. The number of aryl methyl sites for hydroxylation is 1. The maximum Gasteiger partial charge on any atom is 0.245 e. The molecule has 1 aliphatic carbocycles. The second kappa shape index (κ2) is 17.4. The Kier molecular flexibility index (Phi) is 12.8. The molecule has 50 heavy (non-hydrogen) atoms. The first-order valence-corrected chi connectivity index (χ1v) is 18.4. The van der Waals surface area contributed by atoms with Crippen LogP contribution in [-0.4, -0.2) is 93.7 Å². The van der Waals surface area contributed by atoms with Crippen LogP contribution in [0.1, 0.15) is 42.5 Å². The highest BCUT2D eigenvalue weighted by Crippen LogP contribution is 2.50. The quantitative estimate of drug-likeness (QED) is 0.247. The number of ether oxygens (including phenoxy) is 3. The Morgan fingerprint density at radius 2 is 1.72 bits per heavy atom. The summed E-state index contributed by atoms with van der Waals surface area (Å²) in [7, 11) is 4.71. The molecule has 0 aromatic heterocycles. The van der Waals surface area contributed by atoms with E-state index in [9.17, 15) is 14.4 Å². The van der Waals surface area contributed by atoms with E-state index < -0.39 is 12.1 Å². The number of piperazine rings is 1. The zero-order valence-electron chi connectivity index (χ0n) is 29.6. The van der Waals surface area contributed by atoms with Gasteiger partial charge in [-0.2, -0.15) is 11.8 Å². The number of thioether (sulfide) groups is 1. The molecule has 3 aromatic carbocycles. The van der Waals surface area contributed by atoms with Crippen LogP contribution in [0.3, 0.4) is 0 Å². The van der Waals surface area contributed by atoms with Crippen molar-refractivity contribution in [1.29, 1.82) is 0 Å². The number of carbonyl (C=O) groups is 2. The molecule has 2 amide bonds. The molecule has 0 radical (unpaired) electrons. The number of carbonyl (C=O) groups excluding carboxylic acids is 2. The van der Waals surface area contributed by atoms with Gasteiger partial charge in [-0.25, -0.2) is 0 Å². The van der Waals surface area contributed by atoms with Crippen molar-refractivity contribution >= 4 is 35.3 Å². The van der Waals surface area contributed by atoms with Gasteiger partial charge in [0.2, 0.25) is 23.0 Å². The molecule has 3 aromatic rings. The topological polar surface area (TPSA) is 109 Å². The maximum absolute atomic E-state index is 14.0. The van der Waals surface area contributed by atoms with Crippen molar-refractivity contribution in [2.24, 2.45) is 0 Å². The van der Waals surface area contributed by atoms with Crippen molar-refractivity contribution in [1.82, 2.24) is 15.1 Å². The summed E-state index contributed by atoms with van der Waals surface area (Å²) in [5.74, 6) is 2.03. The average Bonchev–Trinajstić information content (AvgIpc) is 3.37. The smallest absolute Gasteiger partial charge is 0.245 e. The molecule has 1 saturated heterocycles. The third-order valence-electron chi connectivity index (χ3n) is 9.31. The van der Waals surface area contributed by atoms with Crippen molar-refractivity contribution < 1.29 is 23.8 Å². The summed E-state index contributed by atoms with van der Waals surface area (Å²) in [5.41, 5.74) is 4.37. The number of rotatable bonds is 13. The largest absolute Gasteiger partial charge is 0.493 e. The summed E-state index contributed by atoms with van der Waals surface area (Å²) in [5, 5.41) is 6.39. The van der Waals surface area contributed by atoms with Gasteiger partial charge in [-0.1, -0.05) is 48.6 Å². The lowest BCUT2D eigenvalue weighted by Gasteiger charge is -2.36. The highest BCUT2D eigenvalue weighted by molar-refractivity contribution is 7.98. The molecule has 1 fully saturated rings. The molecule has 2 atom stereocenters. The minimum absolute atomic E-state index is 0.00836. The molecule has 0 bridgehead atoms. The molecule has 1 aliphatic heterocycles. The van der Waals surface area contributed by atoms with E-state index in [0.717, 1.165) is 42.1 Å². The van der Waals surface area contributed by atoms with Crippen LogP contribution in [-0.2, 0) is 16.0 Å². The van der Waals surface area contributed by atoms with E-state index in [0.29, 0.717) is 60.9 Å². The van der Waals surface area contributed by atoms with E-state index >= 15 is 0 Å². The Morgan fingerprint density at radius 3 is 2.38 bits per heavy atom. The molecule has 266 valence electrons. The van der Waals surface area contributed by atoms with Gasteiger partial charge in [0.25, 0.3) is 0 Å². The number of benzene rings is 2. The number of anilines is 1. The van der Waals surface area contributed by atoms with Crippen molar-refractivity contribution in [3.05, 3.63) is 87.6 Å². The lowest BCUT2D eigenvalue weighted by atomic mass is 9.95. The summed E-state index contributed by atoms with van der Waals surface area (Å²) in [4.78, 5) is 44.6. The number of fused-ring (bicyclic) bond motifs is 3. The van der Waals surface area contributed by atoms with E-state index in [-0.39, 0.29) is 17.2 Å². The Balaban J connectivity index is 1.42. The third kappa shape index (κ3) is 8.62. The van der Waals surface area contributed by atoms with Gasteiger partial charge in [0.1, 0.15) is 6.04 Å². The predicted octanol–water partition coefficient (Wildman–Crippen LogP) is 5.25. The molecule has 2 N–H and O–H groups in total. The minimum Gasteiger partial charge on any atom is -0.493 e. The third-order valence-corrected chi connectivity index (χ3v) is 9.96. The summed E-state index contributed by atoms with van der Waals surface area (Å²) in [6.07, 6.45) is 8.04. The Hall–Kier alpha value is -4.48. The lowest BCUT2D eigenvalue weighted by Crippen LogP contribution is -2.53. The minimum atomic E-state index is -0.570. The van der Waals surface area contributed by atoms with Crippen LogP contribution in [0.4, 0.5) is 5.69 Å². The monoisotopic (exact) mass is 700 g/mol. The van der Waals surface area contributed by atoms with Crippen LogP contribution in [0.25, 0.3) is 17.2 Å². The van der Waals surface area contributed by atoms with Crippen LogP contribution < -0.4 is 30.3 Å². The van der Waals surface area contributed by atoms with Gasteiger partial charge in [0.05, 0.1) is 33.1 Å². The number of hydrogen-bond donors (Lipinski definition) is 2. The van der Waals surface area contributed by atoms with E-state index in [1.54, 1.807) is 45.2 Å². The SMILES string of the molecule is COc1cc2c(c(OC)c1OC)-c1ccc(NC(CCSC)C(=O)N3CCN(CC=Cc4ccccc4)CC3)c(=O)cc1C(NC(C)=O)CC2. The van der Waals surface area contributed by atoms with Crippen LogP contribution in [0, 0.1) is 0 Å². The van der Waals surface area contributed by atoms with Crippen molar-refractivity contribution in [2.75, 3.05) is 71.4 Å². The van der Waals surface area contributed by atoms with E-state index in [2.05, 4.69) is 39.8 Å². The standard InChI is InChI=1S/C39H48N4O6S/c1-26(44)40-31-15-13-28-24-35(47-2)37(48-3)38(49-4)36(28)29-14-16-32(34(45)25-30(29)31)41-33(17-23-50-5)39(46)43-21-19-42(20-22-43)18-9-12-27-10-7-6-8-11-27/h6-12,14,16,24-25,31,33H,13,15,17-23H2,1-5H3,(H,40,44)(H,41,45). The Labute approximate surface area is 299 Å². The Bertz CT molecular complexity index is 1740. The maximum atomic E-state index is 14.0. The van der Waals surface area contributed by atoms with Crippen LogP contribution in [0.2, 0.25) is 0 Å². The number of hydrogen-bond acceptors (Lipinski definition) is 9. The predicted molar refractivity (Wildman–Crippen MR) is 202 cm³/mol. The number of nitrogens with one attached hydrogen (secondary N) is 2. The fourth-order valence-corrected chi connectivity index (χ4v) is 7.25. The van der Waals surface area contributed by atoms with Crippen LogP contribution in [0.5, 0.6) is 17.2 Å². The van der Waals surface area contributed by atoms with Gasteiger partial charge in [0.15, 0.2) is 11.5 Å². The molecule has 1 heterocycles. The normalized spacial score (nSPS) is 16.5. The lowest BCUT2D eigenvalue weighted by molar-refractivity contribution is -0.133. The number of nitrogens with zero attached hydrogens (tertiary/aromatic N) is 2. The molecule has 0 spiro atoms. The summed E-state index contributed by atoms with van der Waals surface area (Å²) < 4.78 is 17.3. The number of methoxy groups -OCH3 is 3. The molecule has 2 unspecified atom stereocenters. The van der Waals surface area contributed by atoms with E-state index in [4.69, 9.17) is 14.2 Å². The van der Waals surface area contributed by atoms with Gasteiger partial charge in [0, 0.05) is 45.2 Å². The van der Waals surface area contributed by atoms with Crippen LogP contribution >= 0.6 is 11.8 Å². The molecular formula is C39H48N4O6S. The van der Waals surface area contributed by atoms with E-state index in [1.807, 2.05) is 41.5 Å². The van der Waals surface area contributed by atoms with E-state index in [1.165, 1.54) is 12.5 Å². The van der Waals surface area contributed by atoms with Gasteiger partial charge in [-0.05, 0) is 71.7 Å². The van der Waals surface area contributed by atoms with Crippen molar-refractivity contribution in [3.8, 4) is 28.4 Å². The number of amides is 2. The fourth-order valence-electron chi connectivity index (χ4n) is 6.78. The van der Waals surface area contributed by atoms with Crippen LogP contribution in [0.15, 0.2) is 65.5 Å². The van der Waals surface area contributed by atoms with Crippen molar-refractivity contribution in [3.63, 3.8) is 0 Å². The van der Waals surface area contributed by atoms with Crippen molar-refractivity contribution in [2.45, 2.75) is 38.3 Å². The molecule has 2 aliphatic rings. The molecule has 10 nitrogen and oxygen atoms in total. The van der Waals surface area contributed by atoms with Gasteiger partial charge in [-0.15, -0.1) is 0 Å². The summed E-state index contributed by atoms with van der Waals surface area (Å²) in [6.45, 7) is 5.09. The second-order valence-corrected chi connectivity index (χ2v) is 13.5. The molecule has 0 saturated carbocycles. The highest BCUT2D eigenvalue weighted by Gasteiger charge is 2.31. The summed E-state index contributed by atoms with van der Waals surface area (Å²) >= 11 is 1.66.